The van der Waals surface area contributed by atoms with Gasteiger partial charge < -0.3 is 4.57 Å². The molecular formula is C14H18BrN3. The second-order valence-electron chi connectivity index (χ2n) is 4.55. The summed E-state index contributed by atoms with van der Waals surface area (Å²) in [5.41, 5.74) is 2.50. The Morgan fingerprint density at radius 1 is 1.22 bits per heavy atom. The van der Waals surface area contributed by atoms with Gasteiger partial charge >= 0.3 is 0 Å². The van der Waals surface area contributed by atoms with Gasteiger partial charge in [-0.15, -0.1) is 10.2 Å². The molecule has 0 aliphatic heterocycles. The van der Waals surface area contributed by atoms with Crippen LogP contribution in [-0.2, 0) is 11.8 Å². The third kappa shape index (κ3) is 2.34. The van der Waals surface area contributed by atoms with Gasteiger partial charge in [0.05, 0.1) is 5.33 Å². The van der Waals surface area contributed by atoms with Crippen molar-refractivity contribution >= 4 is 15.9 Å². The van der Waals surface area contributed by atoms with Crippen molar-refractivity contribution in [2.45, 2.75) is 38.6 Å². The molecule has 0 saturated carbocycles. The molecule has 0 spiro atoms. The molecule has 1 aromatic carbocycles. The molecule has 0 atom stereocenters. The SMILES string of the molecule is CCc1ccccc1-c1nnc(CBr)n1C(C)C. The predicted molar refractivity (Wildman–Crippen MR) is 77.9 cm³/mol. The maximum absolute atomic E-state index is 4.37. The molecule has 0 aliphatic carbocycles. The zero-order chi connectivity index (χ0) is 13.1. The Kier molecular flexibility index (Phi) is 4.17. The predicted octanol–water partition coefficient (Wildman–Crippen LogP) is 3.98. The Morgan fingerprint density at radius 3 is 2.56 bits per heavy atom. The molecule has 0 N–H and O–H groups in total. The quantitative estimate of drug-likeness (QED) is 0.800. The third-order valence-corrected chi connectivity index (χ3v) is 3.54. The minimum atomic E-state index is 0.354. The van der Waals surface area contributed by atoms with Crippen LogP contribution < -0.4 is 0 Å². The van der Waals surface area contributed by atoms with Gasteiger partial charge in [0.25, 0.3) is 0 Å². The number of rotatable bonds is 4. The van der Waals surface area contributed by atoms with Crippen LogP contribution in [0.1, 0.15) is 38.2 Å². The van der Waals surface area contributed by atoms with E-state index < -0.39 is 0 Å². The highest BCUT2D eigenvalue weighted by Crippen LogP contribution is 2.26. The van der Waals surface area contributed by atoms with Crippen LogP contribution in [0.25, 0.3) is 11.4 Å². The van der Waals surface area contributed by atoms with E-state index in [4.69, 9.17) is 0 Å². The smallest absolute Gasteiger partial charge is 0.164 e. The molecule has 0 aliphatic rings. The highest BCUT2D eigenvalue weighted by atomic mass is 79.9. The first-order chi connectivity index (χ1) is 8.69. The molecule has 0 unspecified atom stereocenters. The first kappa shape index (κ1) is 13.3. The first-order valence-corrected chi connectivity index (χ1v) is 7.39. The van der Waals surface area contributed by atoms with E-state index in [1.165, 1.54) is 11.1 Å². The van der Waals surface area contributed by atoms with E-state index in [9.17, 15) is 0 Å². The molecule has 0 bridgehead atoms. The number of alkyl halides is 1. The second-order valence-corrected chi connectivity index (χ2v) is 5.11. The number of nitrogens with zero attached hydrogens (tertiary/aromatic N) is 3. The lowest BCUT2D eigenvalue weighted by Crippen LogP contribution is -2.07. The van der Waals surface area contributed by atoms with Crippen molar-refractivity contribution in [2.75, 3.05) is 0 Å². The minimum Gasteiger partial charge on any atom is -0.308 e. The molecule has 1 aromatic heterocycles. The van der Waals surface area contributed by atoms with Crippen LogP contribution in [0, 0.1) is 0 Å². The Hall–Kier alpha value is -1.16. The lowest BCUT2D eigenvalue weighted by molar-refractivity contribution is 0.586. The van der Waals surface area contributed by atoms with Gasteiger partial charge in [0.2, 0.25) is 0 Å². The zero-order valence-electron chi connectivity index (χ0n) is 11.0. The van der Waals surface area contributed by atoms with Gasteiger partial charge in [0.15, 0.2) is 5.82 Å². The highest BCUT2D eigenvalue weighted by molar-refractivity contribution is 9.08. The van der Waals surface area contributed by atoms with Crippen LogP contribution in [-0.4, -0.2) is 14.8 Å². The van der Waals surface area contributed by atoms with Gasteiger partial charge in [-0.25, -0.2) is 0 Å². The summed E-state index contributed by atoms with van der Waals surface area (Å²) in [4.78, 5) is 0. The molecule has 0 radical (unpaired) electrons. The lowest BCUT2D eigenvalue weighted by Gasteiger charge is -2.14. The van der Waals surface area contributed by atoms with Crippen molar-refractivity contribution in [1.82, 2.24) is 14.8 Å². The summed E-state index contributed by atoms with van der Waals surface area (Å²) in [6, 6.07) is 8.76. The maximum atomic E-state index is 4.37. The number of hydrogen-bond donors (Lipinski definition) is 0. The summed E-state index contributed by atoms with van der Waals surface area (Å²) in [5.74, 6) is 1.95. The van der Waals surface area contributed by atoms with Crippen LogP contribution in [0.4, 0.5) is 0 Å². The van der Waals surface area contributed by atoms with Crippen molar-refractivity contribution in [1.29, 1.82) is 0 Å². The fourth-order valence-corrected chi connectivity index (χ4v) is 2.57. The van der Waals surface area contributed by atoms with E-state index in [0.29, 0.717) is 6.04 Å². The van der Waals surface area contributed by atoms with Crippen molar-refractivity contribution in [3.63, 3.8) is 0 Å². The second kappa shape index (κ2) is 5.65. The molecule has 3 nitrogen and oxygen atoms in total. The van der Waals surface area contributed by atoms with Crippen molar-refractivity contribution in [3.05, 3.63) is 35.7 Å². The van der Waals surface area contributed by atoms with Crippen LogP contribution in [0.15, 0.2) is 24.3 Å². The number of hydrogen-bond acceptors (Lipinski definition) is 2. The highest BCUT2D eigenvalue weighted by Gasteiger charge is 2.16. The summed E-state index contributed by atoms with van der Waals surface area (Å²) in [6.07, 6.45) is 1.00. The largest absolute Gasteiger partial charge is 0.308 e. The number of aromatic nitrogens is 3. The van der Waals surface area contributed by atoms with Gasteiger partial charge in [-0.2, -0.15) is 0 Å². The molecule has 18 heavy (non-hydrogen) atoms. The molecule has 2 rings (SSSR count). The van der Waals surface area contributed by atoms with E-state index in [0.717, 1.165) is 23.4 Å². The van der Waals surface area contributed by atoms with E-state index in [1.54, 1.807) is 0 Å². The van der Waals surface area contributed by atoms with Gasteiger partial charge in [0, 0.05) is 11.6 Å². The Bertz CT molecular complexity index is 532. The molecule has 0 amide bonds. The van der Waals surface area contributed by atoms with Crippen molar-refractivity contribution in [2.24, 2.45) is 0 Å². The van der Waals surface area contributed by atoms with Crippen LogP contribution in [0.5, 0.6) is 0 Å². The van der Waals surface area contributed by atoms with E-state index in [1.807, 2.05) is 0 Å². The Morgan fingerprint density at radius 2 is 1.94 bits per heavy atom. The fraction of sp³-hybridized carbons (Fsp3) is 0.429. The molecule has 96 valence electrons. The van der Waals surface area contributed by atoms with Gasteiger partial charge in [-0.1, -0.05) is 47.1 Å². The average Bonchev–Trinajstić information content (AvgIpc) is 2.82. The van der Waals surface area contributed by atoms with E-state index in [2.05, 4.69) is 75.7 Å². The average molecular weight is 308 g/mol. The molecule has 0 saturated heterocycles. The molecule has 1 heterocycles. The Balaban J connectivity index is 2.60. The van der Waals surface area contributed by atoms with Gasteiger partial charge in [0.1, 0.15) is 5.82 Å². The van der Waals surface area contributed by atoms with Crippen molar-refractivity contribution in [3.8, 4) is 11.4 Å². The number of benzene rings is 1. The number of aryl methyl sites for hydroxylation is 1. The molecule has 4 heteroatoms. The van der Waals surface area contributed by atoms with E-state index in [-0.39, 0.29) is 0 Å². The topological polar surface area (TPSA) is 30.7 Å². The molecular weight excluding hydrogens is 290 g/mol. The Labute approximate surface area is 116 Å². The van der Waals surface area contributed by atoms with E-state index >= 15 is 0 Å². The monoisotopic (exact) mass is 307 g/mol. The minimum absolute atomic E-state index is 0.354. The summed E-state index contributed by atoms with van der Waals surface area (Å²) in [7, 11) is 0. The zero-order valence-corrected chi connectivity index (χ0v) is 12.6. The standard InChI is InChI=1S/C14H18BrN3/c1-4-11-7-5-6-8-12(11)14-17-16-13(9-15)18(14)10(2)3/h5-8,10H,4,9H2,1-3H3. The number of halogens is 1. The molecule has 0 fully saturated rings. The lowest BCUT2D eigenvalue weighted by atomic mass is 10.0. The summed E-state index contributed by atoms with van der Waals surface area (Å²) in [5, 5.41) is 9.37. The van der Waals surface area contributed by atoms with Crippen LogP contribution in [0.3, 0.4) is 0 Å². The third-order valence-electron chi connectivity index (χ3n) is 3.04. The molecule has 2 aromatic rings. The van der Waals surface area contributed by atoms with Gasteiger partial charge in [-0.05, 0) is 25.8 Å². The van der Waals surface area contributed by atoms with Crippen LogP contribution >= 0.6 is 15.9 Å². The summed E-state index contributed by atoms with van der Waals surface area (Å²) < 4.78 is 2.20. The maximum Gasteiger partial charge on any atom is 0.164 e. The summed E-state index contributed by atoms with van der Waals surface area (Å²) >= 11 is 3.47. The van der Waals surface area contributed by atoms with Crippen LogP contribution in [0.2, 0.25) is 0 Å². The van der Waals surface area contributed by atoms with Gasteiger partial charge in [-0.3, -0.25) is 0 Å². The normalized spacial score (nSPS) is 11.2. The fourth-order valence-electron chi connectivity index (χ4n) is 2.19. The summed E-state index contributed by atoms with van der Waals surface area (Å²) in [6.45, 7) is 6.49. The first-order valence-electron chi connectivity index (χ1n) is 6.27. The van der Waals surface area contributed by atoms with Crippen molar-refractivity contribution < 1.29 is 0 Å².